The zero-order chi connectivity index (χ0) is 20.0. The van der Waals surface area contributed by atoms with Crippen LogP contribution in [0.1, 0.15) is 37.1 Å². The van der Waals surface area contributed by atoms with Crippen molar-refractivity contribution >= 4 is 16.7 Å². The number of carbonyl (C=O) groups excluding carboxylic acids is 1. The highest BCUT2D eigenvalue weighted by Crippen LogP contribution is 2.36. The number of hydrogen-bond donors (Lipinski definition) is 1. The van der Waals surface area contributed by atoms with Gasteiger partial charge in [-0.15, -0.1) is 0 Å². The number of carbonyl (C=O) groups is 1. The Balaban J connectivity index is 1.69. The number of rotatable bonds is 2. The van der Waals surface area contributed by atoms with Crippen LogP contribution in [0.2, 0.25) is 0 Å². The Hall–Kier alpha value is -2.93. The molecule has 0 radical (unpaired) electrons. The topological polar surface area (TPSA) is 80.2 Å². The van der Waals surface area contributed by atoms with Crippen LogP contribution in [0, 0.1) is 0 Å². The van der Waals surface area contributed by atoms with Crippen molar-refractivity contribution in [3.63, 3.8) is 0 Å². The lowest BCUT2D eigenvalue weighted by molar-refractivity contribution is -0.129. The van der Waals surface area contributed by atoms with E-state index in [9.17, 15) is 9.59 Å². The minimum absolute atomic E-state index is 0.0858. The monoisotopic (exact) mass is 392 g/mol. The normalized spacial score (nSPS) is 17.5. The molecular weight excluding hydrogens is 368 g/mol. The summed E-state index contributed by atoms with van der Waals surface area (Å²) < 4.78 is 7.74. The molecule has 0 atom stereocenters. The Kier molecular flexibility index (Phi) is 4.47. The first-order chi connectivity index (χ1) is 14.1. The van der Waals surface area contributed by atoms with E-state index in [1.807, 2.05) is 23.1 Å². The quantitative estimate of drug-likeness (QED) is 0.727. The third kappa shape index (κ3) is 3.15. The number of nitrogens with zero attached hydrogens (tertiary/aromatic N) is 3. The van der Waals surface area contributed by atoms with Crippen LogP contribution >= 0.6 is 0 Å². The maximum absolute atomic E-state index is 12.1. The molecule has 29 heavy (non-hydrogen) atoms. The first-order valence-electron chi connectivity index (χ1n) is 10.2. The van der Waals surface area contributed by atoms with Gasteiger partial charge in [-0.2, -0.15) is 5.10 Å². The van der Waals surface area contributed by atoms with E-state index < -0.39 is 0 Å². The largest absolute Gasteiger partial charge is 0.381 e. The number of pyridine rings is 1. The molecule has 1 saturated heterocycles. The van der Waals surface area contributed by atoms with Crippen LogP contribution in [-0.4, -0.2) is 45.3 Å². The molecule has 2 aromatic heterocycles. The molecule has 1 amide bonds. The molecule has 7 nitrogen and oxygen atoms in total. The van der Waals surface area contributed by atoms with Crippen molar-refractivity contribution in [3.05, 3.63) is 52.1 Å². The number of benzene rings is 1. The number of fused-ring (bicyclic) bond motifs is 2. The highest BCUT2D eigenvalue weighted by atomic mass is 16.5. The summed E-state index contributed by atoms with van der Waals surface area (Å²) in [7, 11) is 0. The summed E-state index contributed by atoms with van der Waals surface area (Å²) in [6.07, 6.45) is 4.47. The van der Waals surface area contributed by atoms with Crippen molar-refractivity contribution in [2.75, 3.05) is 19.8 Å². The lowest BCUT2D eigenvalue weighted by Gasteiger charge is -2.29. The van der Waals surface area contributed by atoms with Gasteiger partial charge in [0.2, 0.25) is 11.5 Å². The summed E-state index contributed by atoms with van der Waals surface area (Å²) in [5.74, 6) is 0.0858. The average Bonchev–Trinajstić information content (AvgIpc) is 3.12. The molecule has 2 aliphatic rings. The van der Waals surface area contributed by atoms with Crippen LogP contribution in [0.5, 0.6) is 0 Å². The van der Waals surface area contributed by atoms with E-state index in [4.69, 9.17) is 9.84 Å². The SMILES string of the molecule is CC(=O)N1CCc2c(c(-c3cccc4cc(=O)[nH]cc34)nn2C2CCOCC2)C1. The molecule has 0 saturated carbocycles. The number of aromatic nitrogens is 3. The third-order valence-electron chi connectivity index (χ3n) is 6.11. The van der Waals surface area contributed by atoms with Gasteiger partial charge in [0, 0.05) is 74.1 Å². The number of H-pyrrole nitrogens is 1. The van der Waals surface area contributed by atoms with E-state index in [0.717, 1.165) is 66.6 Å². The second-order valence-corrected chi connectivity index (χ2v) is 7.86. The Labute approximate surface area is 168 Å². The van der Waals surface area contributed by atoms with Gasteiger partial charge in [-0.1, -0.05) is 18.2 Å². The molecule has 3 aromatic rings. The zero-order valence-corrected chi connectivity index (χ0v) is 16.5. The molecule has 1 N–H and O–H groups in total. The Morgan fingerprint density at radius 3 is 2.90 bits per heavy atom. The number of nitrogens with one attached hydrogen (secondary N) is 1. The van der Waals surface area contributed by atoms with Gasteiger partial charge in [-0.25, -0.2) is 0 Å². The lowest BCUT2D eigenvalue weighted by atomic mass is 9.97. The van der Waals surface area contributed by atoms with Crippen LogP contribution in [-0.2, 0) is 22.5 Å². The molecule has 0 spiro atoms. The Morgan fingerprint density at radius 2 is 2.10 bits per heavy atom. The van der Waals surface area contributed by atoms with Crippen molar-refractivity contribution < 1.29 is 9.53 Å². The van der Waals surface area contributed by atoms with E-state index in [1.54, 1.807) is 19.2 Å². The van der Waals surface area contributed by atoms with Gasteiger partial charge in [-0.05, 0) is 18.2 Å². The van der Waals surface area contributed by atoms with Crippen molar-refractivity contribution in [1.82, 2.24) is 19.7 Å². The molecule has 0 bridgehead atoms. The molecular formula is C22H24N4O3. The Morgan fingerprint density at radius 1 is 1.28 bits per heavy atom. The summed E-state index contributed by atoms with van der Waals surface area (Å²) in [4.78, 5) is 28.5. The van der Waals surface area contributed by atoms with Gasteiger partial charge in [0.1, 0.15) is 0 Å². The van der Waals surface area contributed by atoms with Crippen molar-refractivity contribution in [2.24, 2.45) is 0 Å². The standard InChI is InChI=1S/C22H24N4O3/c1-14(27)25-8-5-20-19(13-25)22(24-26(20)16-6-9-29-10-7-16)17-4-2-3-15-11-21(28)23-12-18(15)17/h2-4,11-12,16H,5-10,13H2,1H3,(H,23,28). The van der Waals surface area contributed by atoms with E-state index in [0.29, 0.717) is 12.6 Å². The van der Waals surface area contributed by atoms with Crippen LogP contribution in [0.15, 0.2) is 35.3 Å². The predicted molar refractivity (Wildman–Crippen MR) is 110 cm³/mol. The molecule has 0 aliphatic carbocycles. The molecule has 150 valence electrons. The molecule has 1 aromatic carbocycles. The fourth-order valence-corrected chi connectivity index (χ4v) is 4.57. The van der Waals surface area contributed by atoms with Gasteiger partial charge in [0.15, 0.2) is 0 Å². The second kappa shape index (κ2) is 7.15. The average molecular weight is 392 g/mol. The lowest BCUT2D eigenvalue weighted by Crippen LogP contribution is -2.35. The van der Waals surface area contributed by atoms with E-state index in [1.165, 1.54) is 5.69 Å². The summed E-state index contributed by atoms with van der Waals surface area (Å²) in [6, 6.07) is 7.89. The first-order valence-corrected chi connectivity index (χ1v) is 10.2. The second-order valence-electron chi connectivity index (χ2n) is 7.86. The van der Waals surface area contributed by atoms with Crippen LogP contribution in [0.3, 0.4) is 0 Å². The van der Waals surface area contributed by atoms with Gasteiger partial charge in [0.05, 0.1) is 11.7 Å². The van der Waals surface area contributed by atoms with Gasteiger partial charge >= 0.3 is 0 Å². The molecule has 0 unspecified atom stereocenters. The maximum Gasteiger partial charge on any atom is 0.248 e. The summed E-state index contributed by atoms with van der Waals surface area (Å²) in [5.41, 5.74) is 4.14. The van der Waals surface area contributed by atoms with Gasteiger partial charge < -0.3 is 14.6 Å². The number of ether oxygens (including phenoxy) is 1. The van der Waals surface area contributed by atoms with E-state index in [-0.39, 0.29) is 11.5 Å². The fourth-order valence-electron chi connectivity index (χ4n) is 4.57. The van der Waals surface area contributed by atoms with Crippen molar-refractivity contribution in [2.45, 2.75) is 38.8 Å². The highest BCUT2D eigenvalue weighted by Gasteiger charge is 2.30. The highest BCUT2D eigenvalue weighted by molar-refractivity contribution is 5.96. The molecule has 4 heterocycles. The summed E-state index contributed by atoms with van der Waals surface area (Å²) in [6.45, 7) is 4.42. The van der Waals surface area contributed by atoms with E-state index >= 15 is 0 Å². The number of hydrogen-bond acceptors (Lipinski definition) is 4. The molecule has 7 heteroatoms. The van der Waals surface area contributed by atoms with Gasteiger partial charge in [-0.3, -0.25) is 14.3 Å². The summed E-state index contributed by atoms with van der Waals surface area (Å²) >= 11 is 0. The third-order valence-corrected chi connectivity index (χ3v) is 6.11. The van der Waals surface area contributed by atoms with Crippen LogP contribution in [0.4, 0.5) is 0 Å². The smallest absolute Gasteiger partial charge is 0.248 e. The molecule has 2 aliphatic heterocycles. The Bertz CT molecular complexity index is 1140. The van der Waals surface area contributed by atoms with Crippen molar-refractivity contribution in [1.29, 1.82) is 0 Å². The van der Waals surface area contributed by atoms with Crippen molar-refractivity contribution in [3.8, 4) is 11.3 Å². The fraction of sp³-hybridized carbons (Fsp3) is 0.409. The zero-order valence-electron chi connectivity index (χ0n) is 16.5. The van der Waals surface area contributed by atoms with E-state index in [2.05, 4.69) is 9.67 Å². The minimum atomic E-state index is -0.118. The first kappa shape index (κ1) is 18.1. The van der Waals surface area contributed by atoms with Crippen LogP contribution < -0.4 is 5.56 Å². The number of amides is 1. The van der Waals surface area contributed by atoms with Crippen LogP contribution in [0.25, 0.3) is 22.0 Å². The summed E-state index contributed by atoms with van der Waals surface area (Å²) in [5, 5.41) is 6.94. The number of aromatic amines is 1. The molecule has 1 fully saturated rings. The predicted octanol–water partition coefficient (Wildman–Crippen LogP) is 2.65. The molecule has 5 rings (SSSR count). The maximum atomic E-state index is 12.1. The van der Waals surface area contributed by atoms with Gasteiger partial charge in [0.25, 0.3) is 0 Å². The minimum Gasteiger partial charge on any atom is -0.381 e.